The minimum absolute atomic E-state index is 0.168. The molecule has 1 unspecified atom stereocenters. The van der Waals surface area contributed by atoms with Gasteiger partial charge in [-0.05, 0) is 42.5 Å². The van der Waals surface area contributed by atoms with Crippen LogP contribution < -0.4 is 20.1 Å². The van der Waals surface area contributed by atoms with Crippen molar-refractivity contribution in [2.24, 2.45) is 7.05 Å². The predicted molar refractivity (Wildman–Crippen MR) is 120 cm³/mol. The smallest absolute Gasteiger partial charge is 0.291 e. The van der Waals surface area contributed by atoms with Crippen LogP contribution in [0.5, 0.6) is 11.5 Å². The fraction of sp³-hybridized carbons (Fsp3) is 0.208. The highest BCUT2D eigenvalue weighted by Gasteiger charge is 2.27. The number of imidazole rings is 1. The number of ether oxygens (including phenoxy) is 2. The number of amides is 2. The van der Waals surface area contributed by atoms with Crippen molar-refractivity contribution in [1.29, 1.82) is 0 Å². The molecule has 0 saturated carbocycles. The molecular weight excluding hydrogens is 424 g/mol. The molecule has 0 radical (unpaired) electrons. The van der Waals surface area contributed by atoms with Gasteiger partial charge in [-0.25, -0.2) is 4.98 Å². The highest BCUT2D eigenvalue weighted by Crippen LogP contribution is 2.30. The number of furan rings is 1. The first kappa shape index (κ1) is 20.6. The van der Waals surface area contributed by atoms with Gasteiger partial charge in [-0.15, -0.1) is 0 Å². The van der Waals surface area contributed by atoms with Crippen molar-refractivity contribution in [3.8, 4) is 11.5 Å². The Morgan fingerprint density at radius 1 is 1.12 bits per heavy atom. The quantitative estimate of drug-likeness (QED) is 0.472. The molecule has 5 rings (SSSR count). The van der Waals surface area contributed by atoms with Crippen LogP contribution in [0.3, 0.4) is 0 Å². The second-order valence-electron chi connectivity index (χ2n) is 7.63. The minimum atomic E-state index is -0.694. The molecule has 1 aliphatic rings. The lowest BCUT2D eigenvalue weighted by Crippen LogP contribution is -2.44. The van der Waals surface area contributed by atoms with Crippen molar-refractivity contribution in [3.05, 3.63) is 72.4 Å². The lowest BCUT2D eigenvalue weighted by atomic mass is 10.2. The summed E-state index contributed by atoms with van der Waals surface area (Å²) in [4.78, 5) is 29.4. The third kappa shape index (κ3) is 4.25. The molecule has 0 saturated heterocycles. The third-order valence-electron chi connectivity index (χ3n) is 5.43. The summed E-state index contributed by atoms with van der Waals surface area (Å²) in [5, 5.41) is 5.69. The van der Waals surface area contributed by atoms with Gasteiger partial charge < -0.3 is 29.1 Å². The SMILES string of the molecule is Cn1c(CCNC(=O)C2COc3ccccc3O2)nc2cc(NC(=O)c3ccco3)ccc21. The predicted octanol–water partition coefficient (Wildman–Crippen LogP) is 2.92. The van der Waals surface area contributed by atoms with Crippen LogP contribution in [0.1, 0.15) is 16.4 Å². The fourth-order valence-corrected chi connectivity index (χ4v) is 3.71. The first-order valence-corrected chi connectivity index (χ1v) is 10.5. The maximum absolute atomic E-state index is 12.5. The Labute approximate surface area is 189 Å². The molecule has 0 aliphatic carbocycles. The summed E-state index contributed by atoms with van der Waals surface area (Å²) in [5.74, 6) is 1.70. The van der Waals surface area contributed by atoms with Crippen molar-refractivity contribution in [1.82, 2.24) is 14.9 Å². The number of nitrogens with one attached hydrogen (secondary N) is 2. The molecule has 33 heavy (non-hydrogen) atoms. The first-order valence-electron chi connectivity index (χ1n) is 10.5. The average Bonchev–Trinajstić information content (AvgIpc) is 3.47. The van der Waals surface area contributed by atoms with E-state index >= 15 is 0 Å². The van der Waals surface area contributed by atoms with Gasteiger partial charge in [0.15, 0.2) is 17.3 Å². The van der Waals surface area contributed by atoms with Gasteiger partial charge in [0.1, 0.15) is 12.4 Å². The molecule has 2 aromatic heterocycles. The number of carbonyl (C=O) groups is 2. The van der Waals surface area contributed by atoms with Gasteiger partial charge >= 0.3 is 0 Å². The van der Waals surface area contributed by atoms with Gasteiger partial charge in [0.05, 0.1) is 17.3 Å². The van der Waals surface area contributed by atoms with Crippen molar-refractivity contribution < 1.29 is 23.5 Å². The zero-order valence-electron chi connectivity index (χ0n) is 17.9. The maximum Gasteiger partial charge on any atom is 0.291 e. The van der Waals surface area contributed by atoms with E-state index in [0.29, 0.717) is 30.2 Å². The molecule has 1 aliphatic heterocycles. The van der Waals surface area contributed by atoms with Crippen LogP contribution in [0.25, 0.3) is 11.0 Å². The molecular formula is C24H22N4O5. The van der Waals surface area contributed by atoms with E-state index in [1.54, 1.807) is 18.2 Å². The number of hydrogen-bond donors (Lipinski definition) is 2. The van der Waals surface area contributed by atoms with Crippen LogP contribution in [0, 0.1) is 0 Å². The molecule has 3 heterocycles. The van der Waals surface area contributed by atoms with Crippen molar-refractivity contribution >= 4 is 28.5 Å². The van der Waals surface area contributed by atoms with E-state index in [1.807, 2.05) is 48.0 Å². The summed E-state index contributed by atoms with van der Waals surface area (Å²) in [6.45, 7) is 0.571. The van der Waals surface area contributed by atoms with Crippen molar-refractivity contribution in [2.75, 3.05) is 18.5 Å². The number of rotatable bonds is 6. The fourth-order valence-electron chi connectivity index (χ4n) is 3.71. The van der Waals surface area contributed by atoms with Gasteiger partial charge in [0, 0.05) is 25.7 Å². The first-order chi connectivity index (χ1) is 16.1. The third-order valence-corrected chi connectivity index (χ3v) is 5.43. The van der Waals surface area contributed by atoms with Crippen LogP contribution in [-0.2, 0) is 18.3 Å². The molecule has 2 N–H and O–H groups in total. The van der Waals surface area contributed by atoms with E-state index in [-0.39, 0.29) is 24.2 Å². The molecule has 2 aromatic carbocycles. The highest BCUT2D eigenvalue weighted by atomic mass is 16.6. The number of carbonyl (C=O) groups excluding carboxylic acids is 2. The summed E-state index contributed by atoms with van der Waals surface area (Å²) in [5.41, 5.74) is 2.29. The zero-order chi connectivity index (χ0) is 22.8. The lowest BCUT2D eigenvalue weighted by Gasteiger charge is -2.25. The number of para-hydroxylation sites is 2. The van der Waals surface area contributed by atoms with Gasteiger partial charge in [-0.2, -0.15) is 0 Å². The highest BCUT2D eigenvalue weighted by molar-refractivity contribution is 6.03. The number of aryl methyl sites for hydroxylation is 1. The molecule has 4 aromatic rings. The summed E-state index contributed by atoms with van der Waals surface area (Å²) < 4.78 is 18.4. The molecule has 0 fully saturated rings. The van der Waals surface area contributed by atoms with Gasteiger partial charge in [-0.3, -0.25) is 9.59 Å². The molecule has 9 nitrogen and oxygen atoms in total. The average molecular weight is 446 g/mol. The Bertz CT molecular complexity index is 1310. The summed E-state index contributed by atoms with van der Waals surface area (Å²) in [6, 6.07) is 16.1. The molecule has 2 amide bonds. The van der Waals surface area contributed by atoms with E-state index in [9.17, 15) is 9.59 Å². The topological polar surface area (TPSA) is 108 Å². The van der Waals surface area contributed by atoms with Gasteiger partial charge in [-0.1, -0.05) is 12.1 Å². The largest absolute Gasteiger partial charge is 0.485 e. The second-order valence-corrected chi connectivity index (χ2v) is 7.63. The number of benzene rings is 2. The van der Waals surface area contributed by atoms with Gasteiger partial charge in [0.2, 0.25) is 6.10 Å². The molecule has 0 spiro atoms. The van der Waals surface area contributed by atoms with E-state index < -0.39 is 6.10 Å². The van der Waals surface area contributed by atoms with Crippen molar-refractivity contribution in [2.45, 2.75) is 12.5 Å². The molecule has 0 bridgehead atoms. The second kappa shape index (κ2) is 8.70. The Morgan fingerprint density at radius 2 is 1.97 bits per heavy atom. The number of aromatic nitrogens is 2. The Morgan fingerprint density at radius 3 is 2.79 bits per heavy atom. The lowest BCUT2D eigenvalue weighted by molar-refractivity contribution is -0.130. The number of anilines is 1. The Balaban J connectivity index is 1.20. The minimum Gasteiger partial charge on any atom is -0.485 e. The number of fused-ring (bicyclic) bond motifs is 2. The van der Waals surface area contributed by atoms with Crippen LogP contribution in [-0.4, -0.2) is 40.6 Å². The molecule has 9 heteroatoms. The van der Waals surface area contributed by atoms with Gasteiger partial charge in [0.25, 0.3) is 11.8 Å². The van der Waals surface area contributed by atoms with Crippen LogP contribution >= 0.6 is 0 Å². The van der Waals surface area contributed by atoms with E-state index in [0.717, 1.165) is 16.9 Å². The van der Waals surface area contributed by atoms with E-state index in [1.165, 1.54) is 6.26 Å². The Hall–Kier alpha value is -4.27. The molecule has 1 atom stereocenters. The standard InChI is InChI=1S/C24H22N4O5/c1-28-17-9-8-15(26-24(30)20-7-4-12-31-20)13-16(17)27-22(28)10-11-25-23(29)21-14-32-18-5-2-3-6-19(18)33-21/h2-9,12-13,21H,10-11,14H2,1H3,(H,25,29)(H,26,30). The van der Waals surface area contributed by atoms with Crippen LogP contribution in [0.4, 0.5) is 5.69 Å². The number of hydrogen-bond acceptors (Lipinski definition) is 6. The summed E-state index contributed by atoms with van der Waals surface area (Å²) in [6.07, 6.45) is 1.30. The van der Waals surface area contributed by atoms with Crippen molar-refractivity contribution in [3.63, 3.8) is 0 Å². The molecule has 168 valence electrons. The summed E-state index contributed by atoms with van der Waals surface area (Å²) in [7, 11) is 1.92. The van der Waals surface area contributed by atoms with E-state index in [4.69, 9.17) is 13.9 Å². The zero-order valence-corrected chi connectivity index (χ0v) is 17.9. The van der Waals surface area contributed by atoms with E-state index in [2.05, 4.69) is 15.6 Å². The maximum atomic E-state index is 12.5. The van der Waals surface area contributed by atoms with Crippen LogP contribution in [0.15, 0.2) is 65.3 Å². The monoisotopic (exact) mass is 446 g/mol. The Kier molecular flexibility index (Phi) is 5.43. The number of nitrogens with zero attached hydrogens (tertiary/aromatic N) is 2. The van der Waals surface area contributed by atoms with Crippen LogP contribution in [0.2, 0.25) is 0 Å². The normalized spacial score (nSPS) is 14.8. The summed E-state index contributed by atoms with van der Waals surface area (Å²) >= 11 is 0.